The SMILES string of the molecule is Cn1ncc(-c2nc3ccccc3n2CCO)c1N. The number of imidazole rings is 1. The summed E-state index contributed by atoms with van der Waals surface area (Å²) in [5, 5.41) is 13.4. The Labute approximate surface area is 110 Å². The molecule has 19 heavy (non-hydrogen) atoms. The fraction of sp³-hybridized carbons (Fsp3) is 0.231. The third kappa shape index (κ3) is 1.77. The largest absolute Gasteiger partial charge is 0.395 e. The van der Waals surface area contributed by atoms with Crippen molar-refractivity contribution in [1.29, 1.82) is 0 Å². The lowest BCUT2D eigenvalue weighted by atomic mass is 10.3. The first kappa shape index (κ1) is 11.7. The lowest BCUT2D eigenvalue weighted by molar-refractivity contribution is 0.278. The topological polar surface area (TPSA) is 81.9 Å². The third-order valence-electron chi connectivity index (χ3n) is 3.20. The summed E-state index contributed by atoms with van der Waals surface area (Å²) in [6.07, 6.45) is 1.70. The van der Waals surface area contributed by atoms with Crippen molar-refractivity contribution in [2.45, 2.75) is 6.54 Å². The van der Waals surface area contributed by atoms with Crippen LogP contribution in [-0.4, -0.2) is 31.0 Å². The number of hydrogen-bond donors (Lipinski definition) is 2. The lowest BCUT2D eigenvalue weighted by Gasteiger charge is -2.06. The van der Waals surface area contributed by atoms with Gasteiger partial charge in [0.05, 0.1) is 29.4 Å². The second-order valence-corrected chi connectivity index (χ2v) is 4.37. The molecular formula is C13H15N5O. The summed E-state index contributed by atoms with van der Waals surface area (Å²) in [5.74, 6) is 1.30. The molecule has 3 N–H and O–H groups in total. The molecule has 2 aromatic heterocycles. The van der Waals surface area contributed by atoms with Gasteiger partial charge in [0.15, 0.2) is 0 Å². The van der Waals surface area contributed by atoms with Gasteiger partial charge in [-0.05, 0) is 12.1 Å². The minimum Gasteiger partial charge on any atom is -0.395 e. The van der Waals surface area contributed by atoms with E-state index in [2.05, 4.69) is 10.1 Å². The third-order valence-corrected chi connectivity index (χ3v) is 3.20. The Bertz CT molecular complexity index is 728. The molecule has 0 aliphatic rings. The van der Waals surface area contributed by atoms with Crippen LogP contribution in [0.3, 0.4) is 0 Å². The first-order chi connectivity index (χ1) is 9.22. The molecule has 6 heteroatoms. The number of fused-ring (bicyclic) bond motifs is 1. The monoisotopic (exact) mass is 257 g/mol. The number of rotatable bonds is 3. The fourth-order valence-corrected chi connectivity index (χ4v) is 2.23. The van der Waals surface area contributed by atoms with E-state index in [9.17, 15) is 5.11 Å². The number of aromatic nitrogens is 4. The van der Waals surface area contributed by atoms with E-state index in [1.54, 1.807) is 17.9 Å². The quantitative estimate of drug-likeness (QED) is 0.733. The minimum absolute atomic E-state index is 0.0491. The zero-order valence-electron chi connectivity index (χ0n) is 10.6. The summed E-state index contributed by atoms with van der Waals surface area (Å²) < 4.78 is 3.57. The second kappa shape index (κ2) is 4.40. The van der Waals surface area contributed by atoms with Crippen molar-refractivity contribution in [3.63, 3.8) is 0 Å². The summed E-state index contributed by atoms with van der Waals surface area (Å²) in [6, 6.07) is 7.82. The van der Waals surface area contributed by atoms with E-state index in [-0.39, 0.29) is 6.61 Å². The van der Waals surface area contributed by atoms with E-state index in [0.29, 0.717) is 12.4 Å². The summed E-state index contributed by atoms with van der Waals surface area (Å²) in [6.45, 7) is 0.525. The standard InChI is InChI=1S/C13H15N5O/c1-17-12(14)9(8-15-17)13-16-10-4-2-3-5-11(10)18(13)6-7-19/h2-5,8,19H,6-7,14H2,1H3. The Morgan fingerprint density at radius 1 is 1.32 bits per heavy atom. The van der Waals surface area contributed by atoms with Crippen LogP contribution >= 0.6 is 0 Å². The molecule has 0 saturated heterocycles. The molecule has 98 valence electrons. The van der Waals surface area contributed by atoms with Gasteiger partial charge in [-0.15, -0.1) is 0 Å². The predicted molar refractivity (Wildman–Crippen MR) is 73.4 cm³/mol. The Balaban J connectivity index is 2.28. The highest BCUT2D eigenvalue weighted by molar-refractivity contribution is 5.82. The number of aryl methyl sites for hydroxylation is 1. The van der Waals surface area contributed by atoms with Crippen molar-refractivity contribution in [2.75, 3.05) is 12.3 Å². The van der Waals surface area contributed by atoms with Crippen LogP contribution in [0.2, 0.25) is 0 Å². The van der Waals surface area contributed by atoms with Crippen molar-refractivity contribution < 1.29 is 5.11 Å². The van der Waals surface area contributed by atoms with Crippen LogP contribution in [0.25, 0.3) is 22.4 Å². The fourth-order valence-electron chi connectivity index (χ4n) is 2.23. The lowest BCUT2D eigenvalue weighted by Crippen LogP contribution is -2.05. The van der Waals surface area contributed by atoms with Crippen LogP contribution in [0.5, 0.6) is 0 Å². The Morgan fingerprint density at radius 3 is 2.79 bits per heavy atom. The maximum atomic E-state index is 9.24. The second-order valence-electron chi connectivity index (χ2n) is 4.37. The molecule has 3 aromatic rings. The molecule has 0 aliphatic carbocycles. The van der Waals surface area contributed by atoms with Gasteiger partial charge in [0.25, 0.3) is 0 Å². The number of benzene rings is 1. The van der Waals surface area contributed by atoms with Crippen LogP contribution < -0.4 is 5.73 Å². The number of aliphatic hydroxyl groups excluding tert-OH is 1. The molecule has 0 fully saturated rings. The molecule has 0 bridgehead atoms. The smallest absolute Gasteiger partial charge is 0.146 e. The molecule has 0 aliphatic heterocycles. The molecule has 2 heterocycles. The van der Waals surface area contributed by atoms with Gasteiger partial charge in [-0.3, -0.25) is 4.68 Å². The van der Waals surface area contributed by atoms with Gasteiger partial charge in [-0.1, -0.05) is 12.1 Å². The highest BCUT2D eigenvalue weighted by Gasteiger charge is 2.16. The average Bonchev–Trinajstić information content (AvgIpc) is 2.93. The van der Waals surface area contributed by atoms with Crippen LogP contribution in [0.15, 0.2) is 30.5 Å². The van der Waals surface area contributed by atoms with Gasteiger partial charge < -0.3 is 15.4 Å². The molecule has 0 spiro atoms. The first-order valence-corrected chi connectivity index (χ1v) is 6.06. The molecule has 0 saturated carbocycles. The maximum absolute atomic E-state index is 9.24. The van der Waals surface area contributed by atoms with Crippen molar-refractivity contribution in [3.8, 4) is 11.4 Å². The summed E-state index contributed by atoms with van der Waals surface area (Å²) >= 11 is 0. The highest BCUT2D eigenvalue weighted by Crippen LogP contribution is 2.28. The van der Waals surface area contributed by atoms with E-state index in [0.717, 1.165) is 22.4 Å². The van der Waals surface area contributed by atoms with Crippen LogP contribution in [0.1, 0.15) is 0 Å². The summed E-state index contributed by atoms with van der Waals surface area (Å²) in [4.78, 5) is 4.59. The van der Waals surface area contributed by atoms with Gasteiger partial charge in [0.1, 0.15) is 11.6 Å². The highest BCUT2D eigenvalue weighted by atomic mass is 16.3. The molecule has 3 rings (SSSR count). The number of para-hydroxylation sites is 2. The average molecular weight is 257 g/mol. The summed E-state index contributed by atoms with van der Waals surface area (Å²) in [7, 11) is 1.79. The summed E-state index contributed by atoms with van der Waals surface area (Å²) in [5.41, 5.74) is 8.66. The molecule has 0 radical (unpaired) electrons. The Hall–Kier alpha value is -2.34. The number of nitrogen functional groups attached to an aromatic ring is 1. The van der Waals surface area contributed by atoms with Crippen molar-refractivity contribution >= 4 is 16.9 Å². The van der Waals surface area contributed by atoms with Crippen LogP contribution in [-0.2, 0) is 13.6 Å². The van der Waals surface area contributed by atoms with Gasteiger partial charge in [0, 0.05) is 13.6 Å². The maximum Gasteiger partial charge on any atom is 0.146 e. The number of aliphatic hydroxyl groups is 1. The minimum atomic E-state index is 0.0491. The Kier molecular flexibility index (Phi) is 2.72. The van der Waals surface area contributed by atoms with E-state index >= 15 is 0 Å². The molecule has 0 atom stereocenters. The van der Waals surface area contributed by atoms with E-state index < -0.39 is 0 Å². The molecule has 0 unspecified atom stereocenters. The van der Waals surface area contributed by atoms with Gasteiger partial charge in [0.2, 0.25) is 0 Å². The zero-order chi connectivity index (χ0) is 13.4. The van der Waals surface area contributed by atoms with E-state index in [1.807, 2.05) is 28.8 Å². The van der Waals surface area contributed by atoms with E-state index in [4.69, 9.17) is 5.73 Å². The van der Waals surface area contributed by atoms with Gasteiger partial charge in [-0.2, -0.15) is 5.10 Å². The van der Waals surface area contributed by atoms with Crippen molar-refractivity contribution in [2.24, 2.45) is 7.05 Å². The zero-order valence-corrected chi connectivity index (χ0v) is 10.6. The molecule has 0 amide bonds. The number of nitrogens with zero attached hydrogens (tertiary/aromatic N) is 4. The Morgan fingerprint density at radius 2 is 2.11 bits per heavy atom. The molecule has 6 nitrogen and oxygen atoms in total. The van der Waals surface area contributed by atoms with Gasteiger partial charge >= 0.3 is 0 Å². The predicted octanol–water partition coefficient (Wildman–Crippen LogP) is 1.01. The van der Waals surface area contributed by atoms with Crippen LogP contribution in [0, 0.1) is 0 Å². The van der Waals surface area contributed by atoms with Crippen LogP contribution in [0.4, 0.5) is 5.82 Å². The first-order valence-electron chi connectivity index (χ1n) is 6.06. The van der Waals surface area contributed by atoms with Crippen molar-refractivity contribution in [1.82, 2.24) is 19.3 Å². The number of anilines is 1. The molecule has 1 aromatic carbocycles. The van der Waals surface area contributed by atoms with E-state index in [1.165, 1.54) is 0 Å². The van der Waals surface area contributed by atoms with Gasteiger partial charge in [-0.25, -0.2) is 4.98 Å². The normalized spacial score (nSPS) is 11.3. The van der Waals surface area contributed by atoms with Crippen molar-refractivity contribution in [3.05, 3.63) is 30.5 Å². The number of hydrogen-bond acceptors (Lipinski definition) is 4. The number of nitrogens with two attached hydrogens (primary N) is 1. The molecular weight excluding hydrogens is 242 g/mol.